The summed E-state index contributed by atoms with van der Waals surface area (Å²) >= 11 is 1.36. The van der Waals surface area contributed by atoms with E-state index in [1.54, 1.807) is 11.6 Å². The Labute approximate surface area is 127 Å². The van der Waals surface area contributed by atoms with Crippen molar-refractivity contribution in [1.29, 1.82) is 0 Å². The largest absolute Gasteiger partial charge is 0.381 e. The highest BCUT2D eigenvalue weighted by Gasteiger charge is 2.28. The SMILES string of the molecule is CCN1CCCC1CNS(=O)(=O)c1c(N)nc2sccn12. The lowest BCUT2D eigenvalue weighted by molar-refractivity contribution is 0.268. The summed E-state index contributed by atoms with van der Waals surface area (Å²) in [6, 6.07) is 0.261. The highest BCUT2D eigenvalue weighted by Crippen LogP contribution is 2.23. The number of fused-ring (bicyclic) bond motifs is 1. The smallest absolute Gasteiger partial charge is 0.260 e. The molecule has 0 aromatic carbocycles. The Morgan fingerprint density at radius 1 is 1.57 bits per heavy atom. The Hall–Kier alpha value is -1.16. The van der Waals surface area contributed by atoms with Crippen LogP contribution in [0.2, 0.25) is 0 Å². The molecule has 1 aliphatic rings. The van der Waals surface area contributed by atoms with E-state index in [2.05, 4.69) is 21.5 Å². The van der Waals surface area contributed by atoms with E-state index in [0.29, 0.717) is 11.5 Å². The van der Waals surface area contributed by atoms with Crippen molar-refractivity contribution >= 4 is 32.1 Å². The molecule has 0 bridgehead atoms. The average Bonchev–Trinajstić information content (AvgIpc) is 3.10. The highest BCUT2D eigenvalue weighted by atomic mass is 32.2. The number of nitrogens with zero attached hydrogens (tertiary/aromatic N) is 3. The standard InChI is InChI=1S/C12H19N5O2S2/c1-2-16-5-3-4-9(16)8-14-21(18,19)11-10(13)15-12-17(11)6-7-20-12/h6-7,9,14H,2-5,8,13H2,1H3. The van der Waals surface area contributed by atoms with E-state index < -0.39 is 10.0 Å². The summed E-state index contributed by atoms with van der Waals surface area (Å²) in [5.74, 6) is 0.0492. The molecule has 1 unspecified atom stereocenters. The van der Waals surface area contributed by atoms with Crippen molar-refractivity contribution in [2.75, 3.05) is 25.4 Å². The van der Waals surface area contributed by atoms with E-state index in [0.717, 1.165) is 25.9 Å². The Balaban J connectivity index is 1.81. The third-order valence-corrected chi connectivity index (χ3v) is 6.13. The summed E-state index contributed by atoms with van der Waals surface area (Å²) in [5, 5.41) is 1.83. The predicted octanol–water partition coefficient (Wildman–Crippen LogP) is 0.741. The van der Waals surface area contributed by atoms with Crippen LogP contribution >= 0.6 is 11.3 Å². The van der Waals surface area contributed by atoms with Crippen LogP contribution in [-0.2, 0) is 10.0 Å². The zero-order chi connectivity index (χ0) is 15.0. The Morgan fingerprint density at radius 3 is 3.14 bits per heavy atom. The molecule has 1 saturated heterocycles. The second-order valence-electron chi connectivity index (χ2n) is 5.13. The Kier molecular flexibility index (Phi) is 3.91. The molecule has 0 radical (unpaired) electrons. The predicted molar refractivity (Wildman–Crippen MR) is 82.9 cm³/mol. The number of sulfonamides is 1. The number of likely N-dealkylation sites (tertiary alicyclic amines) is 1. The number of anilines is 1. The van der Waals surface area contributed by atoms with Gasteiger partial charge in [-0.05, 0) is 25.9 Å². The fourth-order valence-corrected chi connectivity index (χ4v) is 4.92. The van der Waals surface area contributed by atoms with Crippen molar-refractivity contribution in [1.82, 2.24) is 19.0 Å². The molecule has 0 amide bonds. The van der Waals surface area contributed by atoms with Crippen molar-refractivity contribution in [2.45, 2.75) is 30.8 Å². The van der Waals surface area contributed by atoms with Gasteiger partial charge < -0.3 is 5.73 Å². The van der Waals surface area contributed by atoms with Gasteiger partial charge in [0.15, 0.2) is 15.8 Å². The summed E-state index contributed by atoms with van der Waals surface area (Å²) in [6.07, 6.45) is 3.81. The van der Waals surface area contributed by atoms with Crippen LogP contribution in [0.5, 0.6) is 0 Å². The number of thiazole rings is 1. The number of aromatic nitrogens is 2. The Morgan fingerprint density at radius 2 is 2.38 bits per heavy atom. The summed E-state index contributed by atoms with van der Waals surface area (Å²) in [4.78, 5) is 6.96. The van der Waals surface area contributed by atoms with Crippen LogP contribution < -0.4 is 10.5 Å². The van der Waals surface area contributed by atoms with Gasteiger partial charge in [0.25, 0.3) is 10.0 Å². The van der Waals surface area contributed by atoms with Gasteiger partial charge in [-0.3, -0.25) is 9.30 Å². The molecule has 2 aromatic heterocycles. The van der Waals surface area contributed by atoms with E-state index in [9.17, 15) is 8.42 Å². The Bertz CT molecular complexity index is 736. The zero-order valence-electron chi connectivity index (χ0n) is 11.8. The van der Waals surface area contributed by atoms with E-state index in [1.807, 2.05) is 0 Å². The van der Waals surface area contributed by atoms with E-state index in [-0.39, 0.29) is 16.9 Å². The normalized spacial score (nSPS) is 20.5. The summed E-state index contributed by atoms with van der Waals surface area (Å²) in [5.41, 5.74) is 5.77. The van der Waals surface area contributed by atoms with E-state index in [1.165, 1.54) is 15.7 Å². The molecule has 3 rings (SSSR count). The molecule has 3 heterocycles. The van der Waals surface area contributed by atoms with Crippen molar-refractivity contribution in [2.24, 2.45) is 0 Å². The van der Waals surface area contributed by atoms with Crippen LogP contribution in [0, 0.1) is 0 Å². The van der Waals surface area contributed by atoms with Crippen molar-refractivity contribution in [3.8, 4) is 0 Å². The second kappa shape index (κ2) is 5.56. The molecule has 0 aliphatic carbocycles. The van der Waals surface area contributed by atoms with Crippen LogP contribution in [0.15, 0.2) is 16.6 Å². The fourth-order valence-electron chi connectivity index (χ4n) is 2.87. The maximum Gasteiger partial charge on any atom is 0.260 e. The van der Waals surface area contributed by atoms with Gasteiger partial charge >= 0.3 is 0 Å². The number of nitrogens with two attached hydrogens (primary N) is 1. The van der Waals surface area contributed by atoms with Gasteiger partial charge in [0.05, 0.1) is 0 Å². The van der Waals surface area contributed by atoms with Gasteiger partial charge in [-0.2, -0.15) is 0 Å². The molecule has 3 N–H and O–H groups in total. The lowest BCUT2D eigenvalue weighted by Gasteiger charge is -2.22. The minimum absolute atomic E-state index is 0.0415. The van der Waals surface area contributed by atoms with Crippen molar-refractivity contribution < 1.29 is 8.42 Å². The lowest BCUT2D eigenvalue weighted by atomic mass is 10.2. The van der Waals surface area contributed by atoms with Gasteiger partial charge in [-0.25, -0.2) is 18.1 Å². The molecule has 0 saturated carbocycles. The zero-order valence-corrected chi connectivity index (χ0v) is 13.5. The molecule has 7 nitrogen and oxygen atoms in total. The van der Waals surface area contributed by atoms with Crippen molar-refractivity contribution in [3.63, 3.8) is 0 Å². The van der Waals surface area contributed by atoms with Gasteiger partial charge in [0, 0.05) is 24.2 Å². The van der Waals surface area contributed by atoms with Gasteiger partial charge in [-0.15, -0.1) is 11.3 Å². The molecule has 21 heavy (non-hydrogen) atoms. The minimum Gasteiger partial charge on any atom is -0.381 e. The first-order chi connectivity index (χ1) is 10.0. The van der Waals surface area contributed by atoms with Crippen LogP contribution in [-0.4, -0.2) is 48.4 Å². The molecule has 116 valence electrons. The van der Waals surface area contributed by atoms with Gasteiger partial charge in [0.1, 0.15) is 0 Å². The number of likely N-dealkylation sites (N-methyl/N-ethyl adjacent to an activating group) is 1. The molecule has 2 aromatic rings. The number of rotatable bonds is 5. The monoisotopic (exact) mass is 329 g/mol. The van der Waals surface area contributed by atoms with Crippen molar-refractivity contribution in [3.05, 3.63) is 11.6 Å². The number of nitrogens with one attached hydrogen (secondary N) is 1. The van der Waals surface area contributed by atoms with Gasteiger partial charge in [0.2, 0.25) is 0 Å². The third-order valence-electron chi connectivity index (χ3n) is 3.91. The molecular weight excluding hydrogens is 310 g/mol. The molecule has 9 heteroatoms. The summed E-state index contributed by atoms with van der Waals surface area (Å²) in [7, 11) is -3.66. The molecule has 0 spiro atoms. The number of hydrogen-bond donors (Lipinski definition) is 2. The van der Waals surface area contributed by atoms with Crippen LogP contribution in [0.25, 0.3) is 4.96 Å². The summed E-state index contributed by atoms with van der Waals surface area (Å²) in [6.45, 7) is 4.48. The number of imidazole rings is 1. The van der Waals surface area contributed by atoms with E-state index >= 15 is 0 Å². The van der Waals surface area contributed by atoms with Gasteiger partial charge in [-0.1, -0.05) is 6.92 Å². The lowest BCUT2D eigenvalue weighted by Crippen LogP contribution is -2.40. The first-order valence-electron chi connectivity index (χ1n) is 6.97. The third kappa shape index (κ3) is 2.66. The second-order valence-corrected chi connectivity index (χ2v) is 7.69. The quantitative estimate of drug-likeness (QED) is 0.844. The van der Waals surface area contributed by atoms with E-state index in [4.69, 9.17) is 5.73 Å². The summed E-state index contributed by atoms with van der Waals surface area (Å²) < 4.78 is 29.2. The number of nitrogen functional groups attached to an aromatic ring is 1. The fraction of sp³-hybridized carbons (Fsp3) is 0.583. The molecule has 1 fully saturated rings. The maximum atomic E-state index is 12.5. The van der Waals surface area contributed by atoms with Crippen LogP contribution in [0.4, 0.5) is 5.82 Å². The molecule has 1 aliphatic heterocycles. The minimum atomic E-state index is -3.66. The number of hydrogen-bond acceptors (Lipinski definition) is 6. The molecular formula is C12H19N5O2S2. The highest BCUT2D eigenvalue weighted by molar-refractivity contribution is 7.89. The topological polar surface area (TPSA) is 92.7 Å². The molecule has 1 atom stereocenters. The average molecular weight is 329 g/mol. The maximum absolute atomic E-state index is 12.5. The van der Waals surface area contributed by atoms with Crippen LogP contribution in [0.3, 0.4) is 0 Å². The first-order valence-corrected chi connectivity index (χ1v) is 9.34. The first kappa shape index (κ1) is 14.8. The van der Waals surface area contributed by atoms with Crippen LogP contribution in [0.1, 0.15) is 19.8 Å².